The van der Waals surface area contributed by atoms with Crippen LogP contribution in [0.4, 0.5) is 4.39 Å². The van der Waals surface area contributed by atoms with Crippen molar-refractivity contribution in [3.05, 3.63) is 41.2 Å². The summed E-state index contributed by atoms with van der Waals surface area (Å²) in [5.41, 5.74) is 1.33. The number of hydrogen-bond acceptors (Lipinski definition) is 3. The molecule has 1 unspecified atom stereocenters. The van der Waals surface area contributed by atoms with E-state index in [4.69, 9.17) is 9.84 Å². The molecular formula is C15H20FNO3. The van der Waals surface area contributed by atoms with Crippen LogP contribution in [0, 0.1) is 5.82 Å². The Labute approximate surface area is 118 Å². The minimum atomic E-state index is -1.05. The van der Waals surface area contributed by atoms with Crippen LogP contribution in [0.5, 0.6) is 0 Å². The molecule has 0 aromatic heterocycles. The molecule has 0 fully saturated rings. The second kappa shape index (κ2) is 7.77. The summed E-state index contributed by atoms with van der Waals surface area (Å²) in [5.74, 6) is -1.43. The third-order valence-electron chi connectivity index (χ3n) is 2.99. The Morgan fingerprint density at radius 1 is 1.50 bits per heavy atom. The fourth-order valence-electron chi connectivity index (χ4n) is 1.84. The molecule has 1 aromatic carbocycles. The van der Waals surface area contributed by atoms with Crippen LogP contribution in [0.15, 0.2) is 24.3 Å². The first kappa shape index (κ1) is 16.3. The maximum atomic E-state index is 13.5. The second-order valence-electron chi connectivity index (χ2n) is 4.78. The minimum absolute atomic E-state index is 0.210. The van der Waals surface area contributed by atoms with E-state index in [1.54, 1.807) is 13.2 Å². The lowest BCUT2D eigenvalue weighted by Crippen LogP contribution is -2.32. The number of carbonyl (C=O) groups is 1. The molecule has 1 atom stereocenters. The Balaban J connectivity index is 2.82. The zero-order valence-electron chi connectivity index (χ0n) is 12.0. The smallest absolute Gasteiger partial charge is 0.328 e. The highest BCUT2D eigenvalue weighted by Gasteiger charge is 2.10. The Kier molecular flexibility index (Phi) is 6.35. The van der Waals surface area contributed by atoms with Crippen molar-refractivity contribution in [3.63, 3.8) is 0 Å². The van der Waals surface area contributed by atoms with Gasteiger partial charge in [0.05, 0.1) is 6.61 Å². The highest BCUT2D eigenvalue weighted by Crippen LogP contribution is 2.14. The molecule has 0 saturated carbocycles. The predicted molar refractivity (Wildman–Crippen MR) is 75.9 cm³/mol. The predicted octanol–water partition coefficient (Wildman–Crippen LogP) is 2.39. The van der Waals surface area contributed by atoms with Gasteiger partial charge >= 0.3 is 5.97 Å². The lowest BCUT2D eigenvalue weighted by molar-refractivity contribution is -0.131. The van der Waals surface area contributed by atoms with Crippen LogP contribution in [0.1, 0.15) is 18.1 Å². The summed E-state index contributed by atoms with van der Waals surface area (Å²) in [4.78, 5) is 12.5. The van der Waals surface area contributed by atoms with Crippen molar-refractivity contribution < 1.29 is 19.0 Å². The summed E-state index contributed by atoms with van der Waals surface area (Å²) in [6.07, 6.45) is 2.38. The first-order chi connectivity index (χ1) is 9.42. The van der Waals surface area contributed by atoms with Crippen LogP contribution in [0.2, 0.25) is 0 Å². The number of methoxy groups -OCH3 is 1. The van der Waals surface area contributed by atoms with Gasteiger partial charge in [-0.05, 0) is 43.3 Å². The molecule has 110 valence electrons. The van der Waals surface area contributed by atoms with Crippen molar-refractivity contribution in [1.82, 2.24) is 4.90 Å². The molecule has 0 amide bonds. The quantitative estimate of drug-likeness (QED) is 0.780. The van der Waals surface area contributed by atoms with Crippen molar-refractivity contribution in [2.45, 2.75) is 19.5 Å². The van der Waals surface area contributed by atoms with Gasteiger partial charge in [0.2, 0.25) is 0 Å². The number of carboxylic acids is 1. The molecule has 0 radical (unpaired) electrons. The number of hydrogen-bond donors (Lipinski definition) is 1. The molecule has 0 bridgehead atoms. The lowest BCUT2D eigenvalue weighted by atomic mass is 10.1. The van der Waals surface area contributed by atoms with Gasteiger partial charge in [-0.3, -0.25) is 4.90 Å². The summed E-state index contributed by atoms with van der Waals surface area (Å²) in [6.45, 7) is 3.18. The van der Waals surface area contributed by atoms with E-state index in [1.165, 1.54) is 18.2 Å². The topological polar surface area (TPSA) is 49.8 Å². The zero-order chi connectivity index (χ0) is 15.1. The van der Waals surface area contributed by atoms with E-state index >= 15 is 0 Å². The van der Waals surface area contributed by atoms with Crippen LogP contribution in [0.3, 0.4) is 0 Å². The van der Waals surface area contributed by atoms with Gasteiger partial charge in [0.1, 0.15) is 5.82 Å². The highest BCUT2D eigenvalue weighted by atomic mass is 19.1. The molecule has 5 heteroatoms. The normalized spacial score (nSPS) is 13.1. The van der Waals surface area contributed by atoms with Crippen molar-refractivity contribution in [1.29, 1.82) is 0 Å². The number of rotatable bonds is 7. The Bertz CT molecular complexity index is 488. The summed E-state index contributed by atoms with van der Waals surface area (Å²) in [5, 5.41) is 8.59. The van der Waals surface area contributed by atoms with Crippen LogP contribution in [0.25, 0.3) is 6.08 Å². The SMILES string of the molecule is COCC(C)N(C)Cc1cc(F)cc(C=CC(=O)O)c1. The Morgan fingerprint density at radius 2 is 2.20 bits per heavy atom. The van der Waals surface area contributed by atoms with E-state index < -0.39 is 5.97 Å². The van der Waals surface area contributed by atoms with Gasteiger partial charge in [0, 0.05) is 25.8 Å². The van der Waals surface area contributed by atoms with Gasteiger partial charge in [-0.1, -0.05) is 6.07 Å². The average molecular weight is 281 g/mol. The summed E-state index contributed by atoms with van der Waals surface area (Å²) < 4.78 is 18.6. The summed E-state index contributed by atoms with van der Waals surface area (Å²) >= 11 is 0. The van der Waals surface area contributed by atoms with Gasteiger partial charge in [-0.2, -0.15) is 0 Å². The van der Waals surface area contributed by atoms with Crippen LogP contribution in [-0.2, 0) is 16.1 Å². The van der Waals surface area contributed by atoms with E-state index in [-0.39, 0.29) is 11.9 Å². The van der Waals surface area contributed by atoms with Crippen molar-refractivity contribution >= 4 is 12.0 Å². The molecular weight excluding hydrogens is 261 g/mol. The lowest BCUT2D eigenvalue weighted by Gasteiger charge is -2.24. The third-order valence-corrected chi connectivity index (χ3v) is 2.99. The maximum Gasteiger partial charge on any atom is 0.328 e. The van der Waals surface area contributed by atoms with Crippen molar-refractivity contribution in [2.24, 2.45) is 0 Å². The second-order valence-corrected chi connectivity index (χ2v) is 4.78. The van der Waals surface area contributed by atoms with Gasteiger partial charge in [0.25, 0.3) is 0 Å². The fraction of sp³-hybridized carbons (Fsp3) is 0.400. The van der Waals surface area contributed by atoms with Gasteiger partial charge in [-0.25, -0.2) is 9.18 Å². The monoisotopic (exact) mass is 281 g/mol. The van der Waals surface area contributed by atoms with Gasteiger partial charge in [-0.15, -0.1) is 0 Å². The van der Waals surface area contributed by atoms with Crippen LogP contribution >= 0.6 is 0 Å². The molecule has 1 aromatic rings. The number of nitrogens with zero attached hydrogens (tertiary/aromatic N) is 1. The standard InChI is InChI=1S/C15H20FNO3/c1-11(10-20-3)17(2)9-13-6-12(4-5-15(18)19)7-14(16)8-13/h4-8,11H,9-10H2,1-3H3,(H,18,19). The van der Waals surface area contributed by atoms with Crippen LogP contribution in [-0.4, -0.2) is 42.8 Å². The van der Waals surface area contributed by atoms with Crippen molar-refractivity contribution in [3.8, 4) is 0 Å². The largest absolute Gasteiger partial charge is 0.478 e. The molecule has 0 aliphatic carbocycles. The number of carboxylic acid groups (broad SMARTS) is 1. The molecule has 1 rings (SSSR count). The molecule has 20 heavy (non-hydrogen) atoms. The Morgan fingerprint density at radius 3 is 2.80 bits per heavy atom. The summed E-state index contributed by atoms with van der Waals surface area (Å²) in [7, 11) is 3.57. The first-order valence-corrected chi connectivity index (χ1v) is 6.32. The number of aliphatic carboxylic acids is 1. The number of likely N-dealkylation sites (N-methyl/N-ethyl adjacent to an activating group) is 1. The fourth-order valence-corrected chi connectivity index (χ4v) is 1.84. The van der Waals surface area contributed by atoms with Gasteiger partial charge < -0.3 is 9.84 Å². The average Bonchev–Trinajstić information content (AvgIpc) is 2.36. The molecule has 1 N–H and O–H groups in total. The maximum absolute atomic E-state index is 13.5. The molecule has 0 heterocycles. The van der Waals surface area contributed by atoms with E-state index in [0.29, 0.717) is 18.7 Å². The molecule has 4 nitrogen and oxygen atoms in total. The molecule has 0 aliphatic rings. The number of benzene rings is 1. The van der Waals surface area contributed by atoms with Crippen molar-refractivity contribution in [2.75, 3.05) is 20.8 Å². The number of halogens is 1. The Hall–Kier alpha value is -1.72. The zero-order valence-corrected chi connectivity index (χ0v) is 12.0. The third kappa shape index (κ3) is 5.50. The van der Waals surface area contributed by atoms with E-state index in [1.807, 2.05) is 18.9 Å². The number of ether oxygens (including phenoxy) is 1. The minimum Gasteiger partial charge on any atom is -0.478 e. The van der Waals surface area contributed by atoms with E-state index in [2.05, 4.69) is 0 Å². The highest BCUT2D eigenvalue weighted by molar-refractivity contribution is 5.85. The molecule has 0 saturated heterocycles. The first-order valence-electron chi connectivity index (χ1n) is 6.32. The molecule has 0 spiro atoms. The van der Waals surface area contributed by atoms with Gasteiger partial charge in [0.15, 0.2) is 0 Å². The molecule has 0 aliphatic heterocycles. The van der Waals surface area contributed by atoms with E-state index in [9.17, 15) is 9.18 Å². The summed E-state index contributed by atoms with van der Waals surface area (Å²) in [6, 6.07) is 4.75. The van der Waals surface area contributed by atoms with E-state index in [0.717, 1.165) is 11.6 Å². The van der Waals surface area contributed by atoms with Crippen LogP contribution < -0.4 is 0 Å².